The zero-order valence-electron chi connectivity index (χ0n) is 15.4. The fourth-order valence-electron chi connectivity index (χ4n) is 2.62. The van der Waals surface area contributed by atoms with Crippen molar-refractivity contribution in [2.75, 3.05) is 6.61 Å². The van der Waals surface area contributed by atoms with E-state index in [0.717, 1.165) is 16.5 Å². The average Bonchev–Trinajstić information content (AvgIpc) is 2.96. The average molecular weight is 357 g/mol. The number of aromatic nitrogens is 1. The molecular formula is C19H23N3O4. The predicted molar refractivity (Wildman–Crippen MR) is 96.5 cm³/mol. The molecule has 1 aromatic carbocycles. The van der Waals surface area contributed by atoms with E-state index >= 15 is 0 Å². The Labute approximate surface area is 152 Å². The van der Waals surface area contributed by atoms with Gasteiger partial charge in [0.05, 0.1) is 18.2 Å². The number of ether oxygens (including phenoxy) is 2. The first-order valence-corrected chi connectivity index (χ1v) is 8.40. The highest BCUT2D eigenvalue weighted by molar-refractivity contribution is 5.90. The van der Waals surface area contributed by atoms with Gasteiger partial charge in [-0.2, -0.15) is 5.26 Å². The second kappa shape index (κ2) is 7.91. The molecule has 0 spiro atoms. The number of carbonyl (C=O) groups is 2. The minimum absolute atomic E-state index is 0.177. The van der Waals surface area contributed by atoms with Crippen LogP contribution in [-0.2, 0) is 20.7 Å². The Morgan fingerprint density at radius 3 is 2.69 bits per heavy atom. The largest absolute Gasteiger partial charge is 0.464 e. The van der Waals surface area contributed by atoms with Crippen molar-refractivity contribution in [3.63, 3.8) is 0 Å². The molecule has 2 aromatic rings. The highest BCUT2D eigenvalue weighted by Crippen LogP contribution is 2.23. The first kappa shape index (κ1) is 19.3. The van der Waals surface area contributed by atoms with Crippen LogP contribution < -0.4 is 5.32 Å². The van der Waals surface area contributed by atoms with Crippen molar-refractivity contribution in [2.24, 2.45) is 0 Å². The van der Waals surface area contributed by atoms with Crippen molar-refractivity contribution < 1.29 is 19.1 Å². The van der Waals surface area contributed by atoms with Gasteiger partial charge in [-0.05, 0) is 45.4 Å². The summed E-state index contributed by atoms with van der Waals surface area (Å²) in [6, 6.07) is 6.56. The zero-order valence-corrected chi connectivity index (χ0v) is 15.4. The lowest BCUT2D eigenvalue weighted by molar-refractivity contribution is -0.145. The monoisotopic (exact) mass is 357 g/mol. The molecule has 1 unspecified atom stereocenters. The number of hydrogen-bond acceptors (Lipinski definition) is 5. The van der Waals surface area contributed by atoms with Gasteiger partial charge in [0.15, 0.2) is 0 Å². The van der Waals surface area contributed by atoms with Crippen LogP contribution >= 0.6 is 0 Å². The number of esters is 1. The van der Waals surface area contributed by atoms with Gasteiger partial charge in [0.25, 0.3) is 0 Å². The Balaban J connectivity index is 2.29. The van der Waals surface area contributed by atoms with Crippen molar-refractivity contribution in [3.8, 4) is 6.07 Å². The Hall–Kier alpha value is -3.01. The second-order valence-corrected chi connectivity index (χ2v) is 6.81. The van der Waals surface area contributed by atoms with Crippen LogP contribution in [0.25, 0.3) is 10.9 Å². The van der Waals surface area contributed by atoms with Crippen LogP contribution in [0.3, 0.4) is 0 Å². The van der Waals surface area contributed by atoms with E-state index in [4.69, 9.17) is 9.47 Å². The minimum Gasteiger partial charge on any atom is -0.464 e. The maximum atomic E-state index is 12.3. The molecule has 0 radical (unpaired) electrons. The van der Waals surface area contributed by atoms with Crippen LogP contribution in [0.5, 0.6) is 0 Å². The highest BCUT2D eigenvalue weighted by atomic mass is 16.6. The normalized spacial score (nSPS) is 12.3. The number of alkyl carbamates (subject to hydrolysis) is 1. The summed E-state index contributed by atoms with van der Waals surface area (Å²) in [6.45, 7) is 7.12. The lowest BCUT2D eigenvalue weighted by atomic mass is 10.0. The summed E-state index contributed by atoms with van der Waals surface area (Å²) in [7, 11) is 0. The molecule has 0 aliphatic carbocycles. The van der Waals surface area contributed by atoms with Crippen LogP contribution in [0.15, 0.2) is 24.4 Å². The third-order valence-electron chi connectivity index (χ3n) is 3.59. The van der Waals surface area contributed by atoms with Gasteiger partial charge >= 0.3 is 12.1 Å². The van der Waals surface area contributed by atoms with Gasteiger partial charge in [-0.15, -0.1) is 0 Å². The molecule has 26 heavy (non-hydrogen) atoms. The Morgan fingerprint density at radius 2 is 2.08 bits per heavy atom. The summed E-state index contributed by atoms with van der Waals surface area (Å²) in [6.07, 6.45) is 1.21. The van der Waals surface area contributed by atoms with Gasteiger partial charge in [-0.1, -0.05) is 6.07 Å². The number of rotatable bonds is 5. The first-order valence-electron chi connectivity index (χ1n) is 8.40. The number of hydrogen-bond donors (Lipinski definition) is 2. The van der Waals surface area contributed by atoms with Gasteiger partial charge in [0, 0.05) is 23.5 Å². The molecule has 7 nitrogen and oxygen atoms in total. The van der Waals surface area contributed by atoms with Gasteiger partial charge < -0.3 is 19.8 Å². The number of benzene rings is 1. The topological polar surface area (TPSA) is 104 Å². The van der Waals surface area contributed by atoms with Gasteiger partial charge in [-0.25, -0.2) is 9.59 Å². The fraction of sp³-hybridized carbons (Fsp3) is 0.421. The molecule has 1 amide bonds. The van der Waals surface area contributed by atoms with E-state index < -0.39 is 23.7 Å². The van der Waals surface area contributed by atoms with Crippen LogP contribution in [0.1, 0.15) is 38.8 Å². The molecule has 7 heteroatoms. The number of amides is 1. The van der Waals surface area contributed by atoms with Crippen LogP contribution in [0, 0.1) is 11.3 Å². The Kier molecular flexibility index (Phi) is 5.88. The van der Waals surface area contributed by atoms with E-state index in [9.17, 15) is 14.9 Å². The van der Waals surface area contributed by atoms with Crippen LogP contribution in [-0.4, -0.2) is 35.3 Å². The van der Waals surface area contributed by atoms with E-state index in [2.05, 4.69) is 16.4 Å². The second-order valence-electron chi connectivity index (χ2n) is 6.81. The number of nitriles is 1. The Morgan fingerprint density at radius 1 is 1.35 bits per heavy atom. The molecule has 0 fully saturated rings. The number of nitrogens with one attached hydrogen (secondary N) is 2. The molecule has 0 saturated heterocycles. The van der Waals surface area contributed by atoms with Crippen molar-refractivity contribution in [3.05, 3.63) is 35.5 Å². The number of aromatic amines is 1. The minimum atomic E-state index is -0.921. The van der Waals surface area contributed by atoms with Crippen molar-refractivity contribution >= 4 is 23.0 Å². The van der Waals surface area contributed by atoms with E-state index in [0.29, 0.717) is 5.56 Å². The third kappa shape index (κ3) is 4.76. The molecule has 1 heterocycles. The summed E-state index contributed by atoms with van der Waals surface area (Å²) < 4.78 is 10.3. The van der Waals surface area contributed by atoms with Gasteiger partial charge in [0.1, 0.15) is 11.6 Å². The molecule has 0 aliphatic heterocycles. The predicted octanol–water partition coefficient (Wildman–Crippen LogP) is 3.04. The maximum absolute atomic E-state index is 12.3. The SMILES string of the molecule is CCOC(=O)C(Cc1c[nH]c2cccc(C#N)c12)NC(=O)OC(C)(C)C. The quantitative estimate of drug-likeness (QED) is 0.800. The standard InChI is InChI=1S/C19H23N3O4/c1-5-25-17(23)15(22-18(24)26-19(2,3)4)9-13-11-21-14-8-6-7-12(10-20)16(13)14/h6-8,11,15,21H,5,9H2,1-4H3,(H,22,24). The van der Waals surface area contributed by atoms with Crippen LogP contribution in [0.2, 0.25) is 0 Å². The third-order valence-corrected chi connectivity index (χ3v) is 3.59. The van der Waals surface area contributed by atoms with Crippen molar-refractivity contribution in [1.82, 2.24) is 10.3 Å². The molecule has 1 atom stereocenters. The van der Waals surface area contributed by atoms with Crippen molar-refractivity contribution in [1.29, 1.82) is 5.26 Å². The summed E-state index contributed by atoms with van der Waals surface area (Å²) in [5, 5.41) is 12.6. The molecule has 0 saturated carbocycles. The first-order chi connectivity index (χ1) is 12.2. The van der Waals surface area contributed by atoms with E-state index in [1.165, 1.54) is 0 Å². The summed E-state index contributed by atoms with van der Waals surface area (Å²) in [5.41, 5.74) is 1.35. The molecule has 1 aromatic heterocycles. The Bertz CT molecular complexity index is 843. The number of H-pyrrole nitrogens is 1. The molecule has 138 valence electrons. The van der Waals surface area contributed by atoms with Gasteiger partial charge in [-0.3, -0.25) is 0 Å². The van der Waals surface area contributed by atoms with E-state index in [1.807, 2.05) is 6.07 Å². The lowest BCUT2D eigenvalue weighted by Crippen LogP contribution is -2.45. The van der Waals surface area contributed by atoms with E-state index in [1.54, 1.807) is 46.0 Å². The van der Waals surface area contributed by atoms with Crippen molar-refractivity contribution in [2.45, 2.75) is 45.8 Å². The summed E-state index contributed by atoms with van der Waals surface area (Å²) in [4.78, 5) is 27.5. The molecule has 0 aliphatic rings. The maximum Gasteiger partial charge on any atom is 0.408 e. The summed E-state index contributed by atoms with van der Waals surface area (Å²) in [5.74, 6) is -0.554. The smallest absolute Gasteiger partial charge is 0.408 e. The molecule has 0 bridgehead atoms. The number of fused-ring (bicyclic) bond motifs is 1. The lowest BCUT2D eigenvalue weighted by Gasteiger charge is -2.22. The molecule has 2 N–H and O–H groups in total. The number of nitrogens with zero attached hydrogens (tertiary/aromatic N) is 1. The highest BCUT2D eigenvalue weighted by Gasteiger charge is 2.27. The molecular weight excluding hydrogens is 334 g/mol. The summed E-state index contributed by atoms with van der Waals surface area (Å²) >= 11 is 0. The molecule has 2 rings (SSSR count). The zero-order chi connectivity index (χ0) is 19.3. The fourth-order valence-corrected chi connectivity index (χ4v) is 2.62. The number of carbonyl (C=O) groups excluding carboxylic acids is 2. The van der Waals surface area contributed by atoms with Crippen LogP contribution in [0.4, 0.5) is 4.79 Å². The van der Waals surface area contributed by atoms with E-state index in [-0.39, 0.29) is 13.0 Å². The van der Waals surface area contributed by atoms with Gasteiger partial charge in [0.2, 0.25) is 0 Å².